The molecule has 1 aromatic carbocycles. The highest BCUT2D eigenvalue weighted by Gasteiger charge is 2.09. The molecule has 0 aliphatic carbocycles. The van der Waals surface area contributed by atoms with Crippen LogP contribution in [0.15, 0.2) is 54.9 Å². The van der Waals surface area contributed by atoms with Crippen molar-refractivity contribution in [3.63, 3.8) is 0 Å². The van der Waals surface area contributed by atoms with Crippen LogP contribution in [0, 0.1) is 0 Å². The molecule has 0 unspecified atom stereocenters. The van der Waals surface area contributed by atoms with E-state index in [-0.39, 0.29) is 6.61 Å². The van der Waals surface area contributed by atoms with Gasteiger partial charge in [-0.25, -0.2) is 9.50 Å². The van der Waals surface area contributed by atoms with Gasteiger partial charge < -0.3 is 10.4 Å². The van der Waals surface area contributed by atoms with Crippen LogP contribution in [0.5, 0.6) is 0 Å². The third-order valence-corrected chi connectivity index (χ3v) is 4.74. The van der Waals surface area contributed by atoms with E-state index in [1.54, 1.807) is 10.7 Å². The zero-order valence-electron chi connectivity index (χ0n) is 13.5. The lowest BCUT2D eigenvalue weighted by Gasteiger charge is -2.01. The molecule has 25 heavy (non-hydrogen) atoms. The molecule has 0 amide bonds. The summed E-state index contributed by atoms with van der Waals surface area (Å²) >= 11 is 1.52. The highest BCUT2D eigenvalue weighted by Crippen LogP contribution is 2.24. The molecule has 0 radical (unpaired) electrons. The van der Waals surface area contributed by atoms with Gasteiger partial charge in [-0.2, -0.15) is 0 Å². The summed E-state index contributed by atoms with van der Waals surface area (Å²) < 4.78 is 1.79. The molecular formula is C18H17N5OS. The number of nitrogens with one attached hydrogen (secondary N) is 1. The second-order valence-corrected chi connectivity index (χ2v) is 6.57. The van der Waals surface area contributed by atoms with E-state index in [9.17, 15) is 0 Å². The zero-order chi connectivity index (χ0) is 17.1. The van der Waals surface area contributed by atoms with E-state index >= 15 is 0 Å². The van der Waals surface area contributed by atoms with Gasteiger partial charge in [0, 0.05) is 30.4 Å². The lowest BCUT2D eigenvalue weighted by molar-refractivity contribution is 0.282. The molecule has 6 nitrogen and oxygen atoms in total. The predicted molar refractivity (Wildman–Crippen MR) is 98.7 cm³/mol. The third kappa shape index (κ3) is 3.52. The number of hydrogen-bond donors (Lipinski definition) is 2. The summed E-state index contributed by atoms with van der Waals surface area (Å²) in [7, 11) is 0. The number of aliphatic hydroxyl groups excluding tert-OH is 1. The zero-order valence-corrected chi connectivity index (χ0v) is 14.3. The minimum absolute atomic E-state index is 0.0493. The molecule has 0 aliphatic rings. The Labute approximate surface area is 148 Å². The quantitative estimate of drug-likeness (QED) is 0.558. The van der Waals surface area contributed by atoms with E-state index in [4.69, 9.17) is 5.11 Å². The van der Waals surface area contributed by atoms with Crippen LogP contribution < -0.4 is 5.32 Å². The van der Waals surface area contributed by atoms with Crippen LogP contribution in [0.2, 0.25) is 0 Å². The van der Waals surface area contributed by atoms with Gasteiger partial charge in [0.25, 0.3) is 0 Å². The van der Waals surface area contributed by atoms with Gasteiger partial charge in [-0.05, 0) is 17.7 Å². The molecule has 4 aromatic rings. The van der Waals surface area contributed by atoms with Crippen molar-refractivity contribution in [1.29, 1.82) is 0 Å². The summed E-state index contributed by atoms with van der Waals surface area (Å²) in [5.74, 6) is 0. The Hall–Kier alpha value is -2.77. The van der Waals surface area contributed by atoms with E-state index in [1.807, 2.05) is 48.7 Å². The van der Waals surface area contributed by atoms with Crippen molar-refractivity contribution >= 4 is 21.4 Å². The van der Waals surface area contributed by atoms with Gasteiger partial charge in [0.2, 0.25) is 10.1 Å². The van der Waals surface area contributed by atoms with E-state index < -0.39 is 0 Å². The van der Waals surface area contributed by atoms with E-state index in [1.165, 1.54) is 11.3 Å². The molecule has 0 atom stereocenters. The highest BCUT2D eigenvalue weighted by atomic mass is 32.1. The summed E-state index contributed by atoms with van der Waals surface area (Å²) in [6, 6.07) is 13.7. The average molecular weight is 351 g/mol. The number of aromatic nitrogens is 4. The first-order valence-corrected chi connectivity index (χ1v) is 8.83. The molecule has 0 saturated heterocycles. The molecule has 3 heterocycles. The summed E-state index contributed by atoms with van der Waals surface area (Å²) in [6.07, 6.45) is 4.58. The summed E-state index contributed by atoms with van der Waals surface area (Å²) in [6.45, 7) is 0.830. The van der Waals surface area contributed by atoms with Gasteiger partial charge in [-0.15, -0.1) is 5.10 Å². The van der Waals surface area contributed by atoms with E-state index in [2.05, 4.69) is 20.4 Å². The Morgan fingerprint density at radius 1 is 1.12 bits per heavy atom. The number of anilines is 1. The Morgan fingerprint density at radius 2 is 2.00 bits per heavy atom. The lowest BCUT2D eigenvalue weighted by atomic mass is 10.1. The normalized spacial score (nSPS) is 11.1. The monoisotopic (exact) mass is 351 g/mol. The van der Waals surface area contributed by atoms with Crippen LogP contribution in [0.25, 0.3) is 16.2 Å². The van der Waals surface area contributed by atoms with Crippen LogP contribution in [-0.4, -0.2) is 31.2 Å². The topological polar surface area (TPSA) is 75.3 Å². The number of imidazole rings is 1. The first kappa shape index (κ1) is 15.7. The average Bonchev–Trinajstić information content (AvgIpc) is 3.21. The molecule has 0 spiro atoms. The number of aliphatic hydroxyl groups is 1. The SMILES string of the molecule is OCc1ccc(-c2cn3nc(NCCc4ccccn4)sc3n2)cc1. The Balaban J connectivity index is 1.43. The Morgan fingerprint density at radius 3 is 2.72 bits per heavy atom. The molecule has 3 aromatic heterocycles. The van der Waals surface area contributed by atoms with Crippen molar-refractivity contribution in [3.8, 4) is 11.3 Å². The number of benzene rings is 1. The third-order valence-electron chi connectivity index (χ3n) is 3.86. The summed E-state index contributed by atoms with van der Waals surface area (Å²) in [5.41, 5.74) is 3.84. The van der Waals surface area contributed by atoms with Crippen LogP contribution in [0.1, 0.15) is 11.3 Å². The second-order valence-electron chi connectivity index (χ2n) is 5.61. The fourth-order valence-corrected chi connectivity index (χ4v) is 3.34. The maximum atomic E-state index is 9.12. The van der Waals surface area contributed by atoms with Gasteiger partial charge in [-0.3, -0.25) is 4.98 Å². The first-order valence-electron chi connectivity index (χ1n) is 8.02. The largest absolute Gasteiger partial charge is 0.392 e. The molecule has 126 valence electrons. The second kappa shape index (κ2) is 7.00. The van der Waals surface area contributed by atoms with Crippen molar-refractivity contribution in [2.45, 2.75) is 13.0 Å². The van der Waals surface area contributed by atoms with Crippen LogP contribution in [0.4, 0.5) is 5.13 Å². The number of pyridine rings is 1. The standard InChI is InChI=1S/C18H17N5OS/c24-12-13-4-6-14(7-5-13)16-11-23-18(21-16)25-17(22-23)20-10-8-15-3-1-2-9-19-15/h1-7,9,11,24H,8,10,12H2,(H,20,22). The molecule has 4 rings (SSSR count). The number of rotatable bonds is 6. The van der Waals surface area contributed by atoms with Gasteiger partial charge in [0.15, 0.2) is 0 Å². The molecule has 0 saturated carbocycles. The van der Waals surface area contributed by atoms with Crippen molar-refractivity contribution in [2.75, 3.05) is 11.9 Å². The smallest absolute Gasteiger partial charge is 0.214 e. The van der Waals surface area contributed by atoms with Crippen molar-refractivity contribution < 1.29 is 5.11 Å². The molecule has 0 fully saturated rings. The lowest BCUT2D eigenvalue weighted by Crippen LogP contribution is -2.05. The predicted octanol–water partition coefficient (Wildman–Crippen LogP) is 3.00. The van der Waals surface area contributed by atoms with E-state index in [0.29, 0.717) is 0 Å². The first-order chi connectivity index (χ1) is 12.3. The van der Waals surface area contributed by atoms with E-state index in [0.717, 1.165) is 45.6 Å². The van der Waals surface area contributed by atoms with Gasteiger partial charge in [0.1, 0.15) is 0 Å². The minimum atomic E-state index is 0.0493. The van der Waals surface area contributed by atoms with Crippen molar-refractivity contribution in [1.82, 2.24) is 19.6 Å². The van der Waals surface area contributed by atoms with Gasteiger partial charge in [0.05, 0.1) is 18.5 Å². The number of hydrogen-bond acceptors (Lipinski definition) is 6. The molecule has 2 N–H and O–H groups in total. The van der Waals surface area contributed by atoms with Gasteiger partial charge in [-0.1, -0.05) is 41.7 Å². The fourth-order valence-electron chi connectivity index (χ4n) is 2.54. The number of fused-ring (bicyclic) bond motifs is 1. The maximum Gasteiger partial charge on any atom is 0.214 e. The highest BCUT2D eigenvalue weighted by molar-refractivity contribution is 7.20. The van der Waals surface area contributed by atoms with Crippen LogP contribution in [-0.2, 0) is 13.0 Å². The molecular weight excluding hydrogens is 334 g/mol. The summed E-state index contributed by atoms with van der Waals surface area (Å²) in [4.78, 5) is 9.79. The maximum absolute atomic E-state index is 9.12. The van der Waals surface area contributed by atoms with Crippen molar-refractivity contribution in [2.24, 2.45) is 0 Å². The minimum Gasteiger partial charge on any atom is -0.392 e. The summed E-state index contributed by atoms with van der Waals surface area (Å²) in [5, 5.41) is 17.8. The van der Waals surface area contributed by atoms with Crippen LogP contribution >= 0.6 is 11.3 Å². The Bertz CT molecular complexity index is 931. The molecule has 7 heteroatoms. The Kier molecular flexibility index (Phi) is 4.41. The van der Waals surface area contributed by atoms with Crippen LogP contribution in [0.3, 0.4) is 0 Å². The number of nitrogens with zero attached hydrogens (tertiary/aromatic N) is 4. The molecule has 0 bridgehead atoms. The fraction of sp³-hybridized carbons (Fsp3) is 0.167. The van der Waals surface area contributed by atoms with Crippen molar-refractivity contribution in [3.05, 3.63) is 66.1 Å². The van der Waals surface area contributed by atoms with Gasteiger partial charge >= 0.3 is 0 Å². The molecule has 0 aliphatic heterocycles.